The number of halogens is 1. The molecule has 110 valence electrons. The summed E-state index contributed by atoms with van der Waals surface area (Å²) in [5, 5.41) is 11.2. The minimum atomic E-state index is -0.400. The summed E-state index contributed by atoms with van der Waals surface area (Å²) in [6.45, 7) is 9.03. The van der Waals surface area contributed by atoms with Crippen molar-refractivity contribution in [2.75, 3.05) is 18.0 Å². The van der Waals surface area contributed by atoms with Crippen molar-refractivity contribution in [1.82, 2.24) is 4.98 Å². The molecule has 0 saturated carbocycles. The van der Waals surface area contributed by atoms with Crippen LogP contribution in [-0.2, 0) is 4.74 Å². The van der Waals surface area contributed by atoms with Gasteiger partial charge in [-0.05, 0) is 43.6 Å². The fourth-order valence-electron chi connectivity index (χ4n) is 2.74. The molecular weight excluding hydrogens is 326 g/mol. The molecule has 0 unspecified atom stereocenters. The van der Waals surface area contributed by atoms with E-state index in [1.165, 1.54) is 6.07 Å². The van der Waals surface area contributed by atoms with Crippen molar-refractivity contribution in [3.8, 4) is 0 Å². The van der Waals surface area contributed by atoms with E-state index in [9.17, 15) is 10.1 Å². The largest absolute Gasteiger partial charge is 0.366 e. The first kappa shape index (κ1) is 15.2. The van der Waals surface area contributed by atoms with Crippen LogP contribution < -0.4 is 4.90 Å². The first-order chi connectivity index (χ1) is 9.10. The quantitative estimate of drug-likeness (QED) is 0.609. The number of pyridine rings is 1. The molecule has 0 spiro atoms. The molecule has 1 aromatic rings. The molecule has 0 radical (unpaired) electrons. The van der Waals surface area contributed by atoms with E-state index in [-0.39, 0.29) is 16.9 Å². The van der Waals surface area contributed by atoms with Gasteiger partial charge < -0.3 is 9.64 Å². The number of aromatic nitrogens is 1. The Kier molecular flexibility index (Phi) is 3.77. The van der Waals surface area contributed by atoms with Crippen molar-refractivity contribution in [1.29, 1.82) is 0 Å². The number of anilines is 1. The van der Waals surface area contributed by atoms with Gasteiger partial charge in [0.05, 0.1) is 16.1 Å². The molecule has 1 aliphatic rings. The van der Waals surface area contributed by atoms with E-state index in [4.69, 9.17) is 4.74 Å². The van der Waals surface area contributed by atoms with Crippen molar-refractivity contribution in [2.45, 2.75) is 38.9 Å². The highest BCUT2D eigenvalue weighted by molar-refractivity contribution is 9.10. The average Bonchev–Trinajstić information content (AvgIpc) is 2.24. The van der Waals surface area contributed by atoms with Crippen LogP contribution >= 0.6 is 15.9 Å². The summed E-state index contributed by atoms with van der Waals surface area (Å²) in [5.41, 5.74) is -0.762. The molecule has 6 nitrogen and oxygen atoms in total. The zero-order valence-electron chi connectivity index (χ0n) is 12.0. The molecule has 2 rings (SSSR count). The zero-order chi connectivity index (χ0) is 15.1. The van der Waals surface area contributed by atoms with Gasteiger partial charge in [-0.25, -0.2) is 4.98 Å². The van der Waals surface area contributed by atoms with Gasteiger partial charge in [0.1, 0.15) is 0 Å². The van der Waals surface area contributed by atoms with Crippen molar-refractivity contribution >= 4 is 27.4 Å². The smallest absolute Gasteiger partial charge is 0.312 e. The lowest BCUT2D eigenvalue weighted by Gasteiger charge is -2.47. The van der Waals surface area contributed by atoms with Crippen LogP contribution in [-0.4, -0.2) is 34.2 Å². The number of ether oxygens (including phenoxy) is 1. The van der Waals surface area contributed by atoms with E-state index in [0.717, 1.165) is 0 Å². The molecule has 0 atom stereocenters. The minimum Gasteiger partial charge on any atom is -0.366 e. The summed E-state index contributed by atoms with van der Waals surface area (Å²) in [5.74, 6) is 0.391. The number of rotatable bonds is 2. The lowest BCUT2D eigenvalue weighted by molar-refractivity contribution is -0.384. The Balaban J connectivity index is 2.43. The Morgan fingerprint density at radius 2 is 1.90 bits per heavy atom. The van der Waals surface area contributed by atoms with Crippen LogP contribution in [0.1, 0.15) is 27.7 Å². The maximum atomic E-state index is 11.2. The van der Waals surface area contributed by atoms with E-state index >= 15 is 0 Å². The van der Waals surface area contributed by atoms with Crippen molar-refractivity contribution < 1.29 is 9.66 Å². The Morgan fingerprint density at radius 3 is 2.40 bits per heavy atom. The van der Waals surface area contributed by atoms with Gasteiger partial charge in [0.25, 0.3) is 0 Å². The third-order valence-corrected chi connectivity index (χ3v) is 3.44. The average molecular weight is 344 g/mol. The summed E-state index contributed by atoms with van der Waals surface area (Å²) in [7, 11) is 0. The van der Waals surface area contributed by atoms with Gasteiger partial charge in [0.15, 0.2) is 0 Å². The second kappa shape index (κ2) is 4.96. The monoisotopic (exact) mass is 343 g/mol. The van der Waals surface area contributed by atoms with E-state index in [1.807, 2.05) is 32.6 Å². The van der Waals surface area contributed by atoms with Gasteiger partial charge in [-0.3, -0.25) is 10.1 Å². The third kappa shape index (κ3) is 3.27. The van der Waals surface area contributed by atoms with E-state index < -0.39 is 4.92 Å². The number of hydrogen-bond donors (Lipinski definition) is 0. The molecule has 0 aromatic carbocycles. The second-order valence-corrected chi connectivity index (χ2v) is 7.15. The fraction of sp³-hybridized carbons (Fsp3) is 0.615. The zero-order valence-corrected chi connectivity index (χ0v) is 13.6. The molecule has 20 heavy (non-hydrogen) atoms. The van der Waals surface area contributed by atoms with Crippen molar-refractivity contribution in [3.63, 3.8) is 0 Å². The summed E-state index contributed by atoms with van der Waals surface area (Å²) in [4.78, 5) is 17.0. The molecule has 1 saturated heterocycles. The summed E-state index contributed by atoms with van der Waals surface area (Å²) >= 11 is 3.22. The Labute approximate surface area is 126 Å². The second-order valence-electron chi connectivity index (χ2n) is 6.23. The highest BCUT2D eigenvalue weighted by Crippen LogP contribution is 2.35. The molecule has 1 aliphatic heterocycles. The molecule has 0 aliphatic carbocycles. The topological polar surface area (TPSA) is 68.5 Å². The molecule has 7 heteroatoms. The van der Waals surface area contributed by atoms with Gasteiger partial charge in [-0.15, -0.1) is 0 Å². The lowest BCUT2D eigenvalue weighted by Crippen LogP contribution is -2.57. The van der Waals surface area contributed by atoms with Crippen LogP contribution in [0.5, 0.6) is 0 Å². The highest BCUT2D eigenvalue weighted by atomic mass is 79.9. The highest BCUT2D eigenvalue weighted by Gasteiger charge is 2.40. The van der Waals surface area contributed by atoms with Crippen LogP contribution in [0, 0.1) is 10.1 Å². The van der Waals surface area contributed by atoms with Crippen LogP contribution in [0.25, 0.3) is 0 Å². The third-order valence-electron chi connectivity index (χ3n) is 3.01. The maximum absolute atomic E-state index is 11.2. The lowest BCUT2D eigenvalue weighted by atomic mass is 9.99. The fourth-order valence-corrected chi connectivity index (χ4v) is 3.06. The molecule has 0 amide bonds. The van der Waals surface area contributed by atoms with Gasteiger partial charge in [0.2, 0.25) is 5.82 Å². The number of morpholine rings is 1. The van der Waals surface area contributed by atoms with E-state index in [1.54, 1.807) is 6.20 Å². The van der Waals surface area contributed by atoms with Gasteiger partial charge in [-0.2, -0.15) is 0 Å². The minimum absolute atomic E-state index is 0.00729. The van der Waals surface area contributed by atoms with Crippen LogP contribution in [0.2, 0.25) is 0 Å². The molecule has 1 fully saturated rings. The molecule has 2 heterocycles. The van der Waals surface area contributed by atoms with Gasteiger partial charge >= 0.3 is 5.69 Å². The van der Waals surface area contributed by atoms with Crippen molar-refractivity contribution in [2.24, 2.45) is 0 Å². The number of nitrogens with zero attached hydrogens (tertiary/aromatic N) is 3. The molecular formula is C13H18BrN3O3. The normalized spacial score (nSPS) is 20.8. The summed E-state index contributed by atoms with van der Waals surface area (Å²) in [6.07, 6.45) is 1.58. The first-order valence-corrected chi connectivity index (χ1v) is 7.14. The van der Waals surface area contributed by atoms with Crippen LogP contribution in [0.4, 0.5) is 11.5 Å². The van der Waals surface area contributed by atoms with Gasteiger partial charge in [0, 0.05) is 29.8 Å². The molecule has 1 aromatic heterocycles. The van der Waals surface area contributed by atoms with Crippen LogP contribution in [0.3, 0.4) is 0 Å². The SMILES string of the molecule is CC1(C)CN(c2ncc(Br)cc2[N+](=O)[O-])CC(C)(C)O1. The van der Waals surface area contributed by atoms with E-state index in [2.05, 4.69) is 20.9 Å². The predicted octanol–water partition coefficient (Wildman–Crippen LogP) is 3.15. The standard InChI is InChI=1S/C13H18BrN3O3/c1-12(2)7-16(8-13(3,4)20-12)11-10(17(18)19)5-9(14)6-15-11/h5-6H,7-8H2,1-4H3. The summed E-state index contributed by atoms with van der Waals surface area (Å²) < 4.78 is 6.59. The van der Waals surface area contributed by atoms with Crippen molar-refractivity contribution in [3.05, 3.63) is 26.9 Å². The summed E-state index contributed by atoms with van der Waals surface area (Å²) in [6, 6.07) is 1.48. The van der Waals surface area contributed by atoms with Crippen LogP contribution in [0.15, 0.2) is 16.7 Å². The Hall–Kier alpha value is -1.21. The predicted molar refractivity (Wildman–Crippen MR) is 80.0 cm³/mol. The van der Waals surface area contributed by atoms with Gasteiger partial charge in [-0.1, -0.05) is 0 Å². The first-order valence-electron chi connectivity index (χ1n) is 6.35. The molecule has 0 N–H and O–H groups in total. The maximum Gasteiger partial charge on any atom is 0.312 e. The number of hydrogen-bond acceptors (Lipinski definition) is 5. The molecule has 0 bridgehead atoms. The Bertz CT molecular complexity index is 530. The number of nitro groups is 1. The Morgan fingerprint density at radius 1 is 1.35 bits per heavy atom. The van der Waals surface area contributed by atoms with E-state index in [0.29, 0.717) is 23.4 Å².